The Morgan fingerprint density at radius 1 is 1.32 bits per heavy atom. The van der Waals surface area contributed by atoms with Gasteiger partial charge in [0.2, 0.25) is 0 Å². The summed E-state index contributed by atoms with van der Waals surface area (Å²) in [6.07, 6.45) is 3.57. The monoisotopic (exact) mass is 365 g/mol. The van der Waals surface area contributed by atoms with Gasteiger partial charge < -0.3 is 14.6 Å². The Bertz CT molecular complexity index is 790. The number of oxazole rings is 1. The van der Waals surface area contributed by atoms with Gasteiger partial charge >= 0.3 is 5.91 Å². The van der Waals surface area contributed by atoms with Crippen LogP contribution >= 0.6 is 11.8 Å². The molecule has 4 heterocycles. The van der Waals surface area contributed by atoms with Gasteiger partial charge in [-0.05, 0) is 55.7 Å². The number of fused-ring (bicyclic) bond motifs is 3. The van der Waals surface area contributed by atoms with E-state index in [1.54, 1.807) is 0 Å². The molecule has 0 spiro atoms. The normalized spacial score (nSPS) is 25.1. The van der Waals surface area contributed by atoms with Gasteiger partial charge in [0.15, 0.2) is 5.09 Å². The van der Waals surface area contributed by atoms with Crippen molar-refractivity contribution in [2.24, 2.45) is 5.92 Å². The molecule has 132 valence electrons. The lowest BCUT2D eigenvalue weighted by Gasteiger charge is -2.44. The minimum atomic E-state index is -0.681. The molecule has 1 amide bonds. The first-order valence-corrected chi connectivity index (χ1v) is 9.02. The molecule has 5 rings (SSSR count). The van der Waals surface area contributed by atoms with Crippen LogP contribution in [0.5, 0.6) is 0 Å². The average Bonchev–Trinajstić information content (AvgIpc) is 3.07. The van der Waals surface area contributed by atoms with Gasteiger partial charge in [-0.15, -0.1) is 0 Å². The highest BCUT2D eigenvalue weighted by atomic mass is 32.2. The van der Waals surface area contributed by atoms with Crippen LogP contribution in [0.4, 0.5) is 8.78 Å². The molecule has 1 aromatic heterocycles. The van der Waals surface area contributed by atoms with Crippen LogP contribution in [0.1, 0.15) is 23.5 Å². The van der Waals surface area contributed by atoms with Gasteiger partial charge in [0.1, 0.15) is 11.6 Å². The molecule has 3 aliphatic heterocycles. The molecule has 2 bridgehead atoms. The van der Waals surface area contributed by atoms with E-state index in [0.29, 0.717) is 5.92 Å². The van der Waals surface area contributed by atoms with Gasteiger partial charge in [-0.3, -0.25) is 4.79 Å². The second-order valence-corrected chi connectivity index (χ2v) is 7.43. The number of carbonyl (C=O) groups excluding carboxylic acids is 1. The molecule has 3 aliphatic rings. The van der Waals surface area contributed by atoms with E-state index in [0.717, 1.165) is 50.3 Å². The fraction of sp³-hybridized carbons (Fsp3) is 0.412. The number of carbonyl (C=O) groups is 1. The molecule has 0 aliphatic carbocycles. The quantitative estimate of drug-likeness (QED) is 0.903. The summed E-state index contributed by atoms with van der Waals surface area (Å²) in [5.41, 5.74) is 0. The average molecular weight is 365 g/mol. The van der Waals surface area contributed by atoms with Crippen LogP contribution in [-0.2, 0) is 0 Å². The summed E-state index contributed by atoms with van der Waals surface area (Å²) in [5.74, 6) is -1.21. The summed E-state index contributed by atoms with van der Waals surface area (Å²) < 4.78 is 32.1. The molecule has 8 heteroatoms. The molecule has 3 fully saturated rings. The summed E-state index contributed by atoms with van der Waals surface area (Å²) in [7, 11) is 0. The molecule has 0 radical (unpaired) electrons. The molecule has 5 nitrogen and oxygen atoms in total. The Hall–Kier alpha value is -1.93. The van der Waals surface area contributed by atoms with Crippen molar-refractivity contribution in [1.82, 2.24) is 15.2 Å². The molecule has 0 unspecified atom stereocenters. The summed E-state index contributed by atoms with van der Waals surface area (Å²) >= 11 is 0.960. The Morgan fingerprint density at radius 3 is 2.80 bits per heavy atom. The topological polar surface area (TPSA) is 58.4 Å². The van der Waals surface area contributed by atoms with Gasteiger partial charge in [0.05, 0.1) is 11.1 Å². The third-order valence-electron chi connectivity index (χ3n) is 4.76. The van der Waals surface area contributed by atoms with Crippen LogP contribution in [0, 0.1) is 17.6 Å². The number of amides is 1. The second kappa shape index (κ2) is 6.76. The van der Waals surface area contributed by atoms with Gasteiger partial charge in [0.25, 0.3) is 5.89 Å². The van der Waals surface area contributed by atoms with E-state index < -0.39 is 11.6 Å². The number of nitrogens with zero attached hydrogens (tertiary/aromatic N) is 2. The van der Waals surface area contributed by atoms with E-state index >= 15 is 0 Å². The lowest BCUT2D eigenvalue weighted by molar-refractivity contribution is 0.0599. The molecule has 0 saturated carbocycles. The zero-order valence-electron chi connectivity index (χ0n) is 13.4. The number of hydrogen-bond acceptors (Lipinski definition) is 5. The number of aromatic nitrogens is 1. The van der Waals surface area contributed by atoms with Crippen molar-refractivity contribution in [2.75, 3.05) is 19.6 Å². The number of benzene rings is 1. The number of nitrogens with one attached hydrogen (secondary N) is 1. The lowest BCUT2D eigenvalue weighted by Crippen LogP contribution is -2.57. The van der Waals surface area contributed by atoms with Crippen molar-refractivity contribution in [3.05, 3.63) is 41.9 Å². The SMILES string of the molecule is O=C(N[C@H]1CN2CCC1CC2)c1ncc(Sc2ccc(F)cc2F)o1. The maximum Gasteiger partial charge on any atom is 0.307 e. The Kier molecular flexibility index (Phi) is 4.47. The molecular weight excluding hydrogens is 348 g/mol. The summed E-state index contributed by atoms with van der Waals surface area (Å²) in [6, 6.07) is 3.42. The minimum Gasteiger partial charge on any atom is -0.425 e. The molecular formula is C17H17F2N3O2S. The van der Waals surface area contributed by atoms with Crippen LogP contribution in [0.3, 0.4) is 0 Å². The maximum absolute atomic E-state index is 13.7. The van der Waals surface area contributed by atoms with E-state index in [-0.39, 0.29) is 27.8 Å². The number of hydrogen-bond donors (Lipinski definition) is 1. The second-order valence-electron chi connectivity index (χ2n) is 6.38. The summed E-state index contributed by atoms with van der Waals surface area (Å²) in [5, 5.41) is 3.27. The first-order valence-electron chi connectivity index (χ1n) is 8.20. The Morgan fingerprint density at radius 2 is 2.12 bits per heavy atom. The van der Waals surface area contributed by atoms with Crippen molar-refractivity contribution < 1.29 is 18.0 Å². The summed E-state index contributed by atoms with van der Waals surface area (Å²) in [4.78, 5) is 18.9. The maximum atomic E-state index is 13.7. The van der Waals surface area contributed by atoms with Crippen molar-refractivity contribution in [3.8, 4) is 0 Å². The van der Waals surface area contributed by atoms with E-state index in [2.05, 4.69) is 15.2 Å². The first-order chi connectivity index (χ1) is 12.1. The predicted molar refractivity (Wildman–Crippen MR) is 87.4 cm³/mol. The van der Waals surface area contributed by atoms with Gasteiger partial charge in [0, 0.05) is 18.7 Å². The first kappa shape index (κ1) is 16.5. The largest absolute Gasteiger partial charge is 0.425 e. The van der Waals surface area contributed by atoms with E-state index in [4.69, 9.17) is 4.42 Å². The molecule has 2 aromatic rings. The van der Waals surface area contributed by atoms with Crippen LogP contribution in [0.25, 0.3) is 0 Å². The van der Waals surface area contributed by atoms with Gasteiger partial charge in [-0.25, -0.2) is 13.8 Å². The molecule has 3 saturated heterocycles. The van der Waals surface area contributed by atoms with Gasteiger partial charge in [-0.1, -0.05) is 0 Å². The van der Waals surface area contributed by atoms with Gasteiger partial charge in [-0.2, -0.15) is 0 Å². The Labute approximate surface area is 147 Å². The number of halogens is 2. The lowest BCUT2D eigenvalue weighted by atomic mass is 9.84. The highest BCUT2D eigenvalue weighted by Crippen LogP contribution is 2.31. The fourth-order valence-electron chi connectivity index (χ4n) is 3.44. The highest BCUT2D eigenvalue weighted by Gasteiger charge is 2.35. The van der Waals surface area contributed by atoms with Crippen molar-refractivity contribution in [2.45, 2.75) is 28.9 Å². The van der Waals surface area contributed by atoms with Crippen LogP contribution in [0.2, 0.25) is 0 Å². The number of piperidine rings is 3. The van der Waals surface area contributed by atoms with Crippen LogP contribution < -0.4 is 5.32 Å². The zero-order valence-corrected chi connectivity index (χ0v) is 14.2. The fourth-order valence-corrected chi connectivity index (χ4v) is 4.17. The molecule has 1 atom stereocenters. The van der Waals surface area contributed by atoms with E-state index in [1.165, 1.54) is 18.3 Å². The third-order valence-corrected chi connectivity index (χ3v) is 5.70. The van der Waals surface area contributed by atoms with Crippen molar-refractivity contribution >= 4 is 17.7 Å². The minimum absolute atomic E-state index is 0.0403. The van der Waals surface area contributed by atoms with Crippen molar-refractivity contribution in [3.63, 3.8) is 0 Å². The third kappa shape index (κ3) is 3.55. The van der Waals surface area contributed by atoms with Crippen molar-refractivity contribution in [1.29, 1.82) is 0 Å². The molecule has 1 aromatic carbocycles. The standard InChI is InChI=1S/C17H17F2N3O2S/c18-11-1-2-14(12(19)7-11)25-15-8-20-17(24-15)16(23)21-13-9-22-5-3-10(13)4-6-22/h1-2,7-8,10,13H,3-6,9H2,(H,21,23)/t13-/m0/s1. The predicted octanol–water partition coefficient (Wildman–Crippen LogP) is 2.93. The van der Waals surface area contributed by atoms with E-state index in [1.807, 2.05) is 0 Å². The van der Waals surface area contributed by atoms with Crippen LogP contribution in [0.15, 0.2) is 38.8 Å². The smallest absolute Gasteiger partial charge is 0.307 e. The highest BCUT2D eigenvalue weighted by molar-refractivity contribution is 7.99. The van der Waals surface area contributed by atoms with Crippen LogP contribution in [-0.4, -0.2) is 41.5 Å². The molecule has 1 N–H and O–H groups in total. The molecule has 25 heavy (non-hydrogen) atoms. The zero-order chi connectivity index (χ0) is 17.4. The Balaban J connectivity index is 1.41. The van der Waals surface area contributed by atoms with E-state index in [9.17, 15) is 13.6 Å². The summed E-state index contributed by atoms with van der Waals surface area (Å²) in [6.45, 7) is 3.06. The number of rotatable bonds is 4.